The van der Waals surface area contributed by atoms with Crippen LogP contribution in [0, 0.1) is 0 Å². The van der Waals surface area contributed by atoms with Crippen molar-refractivity contribution in [3.63, 3.8) is 0 Å². The normalized spacial score (nSPS) is 21.2. The number of amides is 2. The molecule has 0 aromatic rings. The van der Waals surface area contributed by atoms with E-state index in [4.69, 9.17) is 5.11 Å². The topological polar surface area (TPSA) is 81.7 Å². The van der Waals surface area contributed by atoms with E-state index in [9.17, 15) is 9.59 Å². The van der Waals surface area contributed by atoms with E-state index in [1.807, 2.05) is 6.92 Å². The first-order chi connectivity index (χ1) is 9.56. The molecule has 2 amide bonds. The molecule has 0 saturated carbocycles. The maximum Gasteiger partial charge on any atom is 0.326 e. The van der Waals surface area contributed by atoms with Gasteiger partial charge in [-0.25, -0.2) is 9.59 Å². The molecule has 3 N–H and O–H groups in total. The average Bonchev–Trinajstić information content (AvgIpc) is 2.43. The Bertz CT molecular complexity index is 323. The molecule has 1 rings (SSSR count). The van der Waals surface area contributed by atoms with Gasteiger partial charge in [0.05, 0.1) is 0 Å². The number of unbranched alkanes of at least 4 members (excludes halogenated alkanes) is 1. The Morgan fingerprint density at radius 1 is 1.40 bits per heavy atom. The van der Waals surface area contributed by atoms with Crippen molar-refractivity contribution in [2.45, 2.75) is 58.0 Å². The van der Waals surface area contributed by atoms with Gasteiger partial charge in [0.25, 0.3) is 0 Å². The van der Waals surface area contributed by atoms with E-state index in [1.165, 1.54) is 0 Å². The van der Waals surface area contributed by atoms with Crippen LogP contribution in [0.2, 0.25) is 0 Å². The lowest BCUT2D eigenvalue weighted by Gasteiger charge is -2.32. The molecule has 116 valence electrons. The maximum atomic E-state index is 11.9. The van der Waals surface area contributed by atoms with Crippen molar-refractivity contribution >= 4 is 12.0 Å². The van der Waals surface area contributed by atoms with Crippen molar-refractivity contribution < 1.29 is 14.7 Å². The number of likely N-dealkylation sites (N-methyl/N-ethyl adjacent to an activating group) is 1. The minimum absolute atomic E-state index is 0.115. The molecular formula is C14H27N3O3. The smallest absolute Gasteiger partial charge is 0.326 e. The van der Waals surface area contributed by atoms with Gasteiger partial charge in [-0.3, -0.25) is 0 Å². The summed E-state index contributed by atoms with van der Waals surface area (Å²) in [5.74, 6) is -0.965. The van der Waals surface area contributed by atoms with Crippen LogP contribution in [0.1, 0.15) is 46.0 Å². The van der Waals surface area contributed by atoms with Crippen LogP contribution in [0.4, 0.5) is 4.79 Å². The van der Waals surface area contributed by atoms with Gasteiger partial charge >= 0.3 is 12.0 Å². The van der Waals surface area contributed by atoms with E-state index in [0.717, 1.165) is 45.3 Å². The zero-order valence-electron chi connectivity index (χ0n) is 12.5. The number of hydrogen-bond acceptors (Lipinski definition) is 3. The predicted molar refractivity (Wildman–Crippen MR) is 77.8 cm³/mol. The monoisotopic (exact) mass is 285 g/mol. The van der Waals surface area contributed by atoms with Crippen LogP contribution in [0.15, 0.2) is 0 Å². The van der Waals surface area contributed by atoms with Crippen LogP contribution in [0.3, 0.4) is 0 Å². The maximum absolute atomic E-state index is 11.9. The SMILES string of the molecule is CCCCC(NC(=O)NC1CCCN(CC)C1)C(=O)O. The van der Waals surface area contributed by atoms with Gasteiger partial charge in [0, 0.05) is 12.6 Å². The van der Waals surface area contributed by atoms with E-state index in [1.54, 1.807) is 0 Å². The molecule has 1 aliphatic rings. The lowest BCUT2D eigenvalue weighted by Crippen LogP contribution is -2.53. The first-order valence-electron chi connectivity index (χ1n) is 7.59. The first-order valence-corrected chi connectivity index (χ1v) is 7.59. The second-order valence-corrected chi connectivity index (χ2v) is 5.38. The number of rotatable bonds is 7. The second kappa shape index (κ2) is 8.79. The highest BCUT2D eigenvalue weighted by atomic mass is 16.4. The van der Waals surface area contributed by atoms with Crippen LogP contribution < -0.4 is 10.6 Å². The van der Waals surface area contributed by atoms with Crippen LogP contribution in [0.5, 0.6) is 0 Å². The van der Waals surface area contributed by atoms with Gasteiger partial charge in [-0.05, 0) is 32.4 Å². The quantitative estimate of drug-likeness (QED) is 0.660. The molecule has 0 bridgehead atoms. The van der Waals surface area contributed by atoms with Crippen molar-refractivity contribution in [2.75, 3.05) is 19.6 Å². The Hall–Kier alpha value is -1.30. The Morgan fingerprint density at radius 2 is 2.15 bits per heavy atom. The summed E-state index contributed by atoms with van der Waals surface area (Å²) in [6.07, 6.45) is 4.21. The molecule has 20 heavy (non-hydrogen) atoms. The summed E-state index contributed by atoms with van der Waals surface area (Å²) in [5.41, 5.74) is 0. The molecule has 1 heterocycles. The summed E-state index contributed by atoms with van der Waals surface area (Å²) in [7, 11) is 0. The van der Waals surface area contributed by atoms with Gasteiger partial charge in [0.15, 0.2) is 0 Å². The summed E-state index contributed by atoms with van der Waals surface area (Å²) in [6, 6.07) is -1.04. The van der Waals surface area contributed by atoms with E-state index in [0.29, 0.717) is 6.42 Å². The highest BCUT2D eigenvalue weighted by Crippen LogP contribution is 2.09. The van der Waals surface area contributed by atoms with Crippen LogP contribution >= 0.6 is 0 Å². The zero-order valence-corrected chi connectivity index (χ0v) is 12.5. The van der Waals surface area contributed by atoms with Crippen LogP contribution in [-0.4, -0.2) is 53.7 Å². The highest BCUT2D eigenvalue weighted by molar-refractivity contribution is 5.82. The van der Waals surface area contributed by atoms with Crippen LogP contribution in [-0.2, 0) is 4.79 Å². The Morgan fingerprint density at radius 3 is 2.75 bits per heavy atom. The fraction of sp³-hybridized carbons (Fsp3) is 0.857. The number of carboxylic acid groups (broad SMARTS) is 1. The van der Waals surface area contributed by atoms with Crippen molar-refractivity contribution in [2.24, 2.45) is 0 Å². The second-order valence-electron chi connectivity index (χ2n) is 5.38. The van der Waals surface area contributed by atoms with Gasteiger partial charge < -0.3 is 20.6 Å². The molecule has 6 heteroatoms. The lowest BCUT2D eigenvalue weighted by atomic mass is 10.1. The number of piperidine rings is 1. The molecule has 0 radical (unpaired) electrons. The third kappa shape index (κ3) is 5.77. The molecule has 0 spiro atoms. The highest BCUT2D eigenvalue weighted by Gasteiger charge is 2.23. The summed E-state index contributed by atoms with van der Waals surface area (Å²) in [5, 5.41) is 14.5. The molecule has 1 fully saturated rings. The fourth-order valence-corrected chi connectivity index (χ4v) is 2.51. The Labute approximate surface area is 120 Å². The van der Waals surface area contributed by atoms with E-state index >= 15 is 0 Å². The molecule has 1 aliphatic heterocycles. The van der Waals surface area contributed by atoms with Crippen molar-refractivity contribution in [1.82, 2.24) is 15.5 Å². The number of carbonyl (C=O) groups excluding carboxylic acids is 1. The lowest BCUT2D eigenvalue weighted by molar-refractivity contribution is -0.139. The summed E-state index contributed by atoms with van der Waals surface area (Å²) in [6.45, 7) is 7.00. The number of nitrogens with zero attached hydrogens (tertiary/aromatic N) is 1. The van der Waals surface area contributed by atoms with Gasteiger partial charge in [-0.2, -0.15) is 0 Å². The predicted octanol–water partition coefficient (Wildman–Crippen LogP) is 1.41. The van der Waals surface area contributed by atoms with Gasteiger partial charge in [-0.15, -0.1) is 0 Å². The molecule has 2 unspecified atom stereocenters. The number of carboxylic acids is 1. The molecule has 1 saturated heterocycles. The minimum Gasteiger partial charge on any atom is -0.480 e. The van der Waals surface area contributed by atoms with Gasteiger partial charge in [0.1, 0.15) is 6.04 Å². The number of likely N-dealkylation sites (tertiary alicyclic amines) is 1. The Balaban J connectivity index is 2.38. The Kier molecular flexibility index (Phi) is 7.36. The number of aliphatic carboxylic acids is 1. The van der Waals surface area contributed by atoms with E-state index < -0.39 is 12.0 Å². The molecule has 2 atom stereocenters. The average molecular weight is 285 g/mol. The summed E-state index contributed by atoms with van der Waals surface area (Å²) in [4.78, 5) is 25.3. The van der Waals surface area contributed by atoms with Gasteiger partial charge in [0.2, 0.25) is 0 Å². The molecule has 0 aromatic heterocycles. The third-order valence-corrected chi connectivity index (χ3v) is 3.74. The molecule has 0 aliphatic carbocycles. The molecular weight excluding hydrogens is 258 g/mol. The minimum atomic E-state index is -0.965. The van der Waals surface area contributed by atoms with Crippen molar-refractivity contribution in [3.8, 4) is 0 Å². The zero-order chi connectivity index (χ0) is 15.0. The third-order valence-electron chi connectivity index (χ3n) is 3.74. The van der Waals surface area contributed by atoms with Crippen molar-refractivity contribution in [1.29, 1.82) is 0 Å². The first kappa shape index (κ1) is 16.8. The molecule has 6 nitrogen and oxygen atoms in total. The van der Waals surface area contributed by atoms with Gasteiger partial charge in [-0.1, -0.05) is 26.7 Å². The van der Waals surface area contributed by atoms with E-state index in [2.05, 4.69) is 22.5 Å². The van der Waals surface area contributed by atoms with E-state index in [-0.39, 0.29) is 12.1 Å². The van der Waals surface area contributed by atoms with Crippen LogP contribution in [0.25, 0.3) is 0 Å². The fourth-order valence-electron chi connectivity index (χ4n) is 2.51. The summed E-state index contributed by atoms with van der Waals surface area (Å²) < 4.78 is 0. The number of carbonyl (C=O) groups is 2. The van der Waals surface area contributed by atoms with Crippen molar-refractivity contribution in [3.05, 3.63) is 0 Å². The molecule has 0 aromatic carbocycles. The number of hydrogen-bond donors (Lipinski definition) is 3. The summed E-state index contributed by atoms with van der Waals surface area (Å²) >= 11 is 0. The standard InChI is InChI=1S/C14H27N3O3/c1-3-5-8-12(13(18)19)16-14(20)15-11-7-6-9-17(4-2)10-11/h11-12H,3-10H2,1-2H3,(H,18,19)(H2,15,16,20). The number of urea groups is 1. The largest absolute Gasteiger partial charge is 0.480 e. The number of nitrogens with one attached hydrogen (secondary N) is 2.